The fraction of sp³-hybridized carbons (Fsp3) is 0.786. The largest absolute Gasteiger partial charge is 0.128 e. The van der Waals surface area contributed by atoms with Gasteiger partial charge in [-0.1, -0.05) is 387 Å². The van der Waals surface area contributed by atoms with Crippen LogP contribution in [0.25, 0.3) is 31.7 Å². The molecule has 0 fully saturated rings. The van der Waals surface area contributed by atoms with Gasteiger partial charge in [0.2, 0.25) is 0 Å². The molecule has 2 aromatic heterocycles. The van der Waals surface area contributed by atoms with Crippen LogP contribution in [0, 0.1) is 0 Å². The first-order chi connectivity index (χ1) is 43.4. The lowest BCUT2D eigenvalue weighted by Crippen LogP contribution is -2.25. The van der Waals surface area contributed by atoms with Gasteiger partial charge in [-0.05, 0) is 138 Å². The van der Waals surface area contributed by atoms with Crippen molar-refractivity contribution in [3.63, 3.8) is 0 Å². The highest BCUT2D eigenvalue weighted by molar-refractivity contribution is 9.11. The van der Waals surface area contributed by atoms with Crippen LogP contribution < -0.4 is 0 Å². The van der Waals surface area contributed by atoms with E-state index >= 15 is 0 Å². The summed E-state index contributed by atoms with van der Waals surface area (Å²) in [5.74, 6) is 0. The average Bonchev–Trinajstić information content (AvgIpc) is 1.60. The van der Waals surface area contributed by atoms with Gasteiger partial charge >= 0.3 is 0 Å². The monoisotopic (exact) mass is 1370 g/mol. The molecule has 0 radical (unpaired) electrons. The van der Waals surface area contributed by atoms with Crippen LogP contribution in [0.2, 0.25) is 0 Å². The van der Waals surface area contributed by atoms with Gasteiger partial charge in [0.15, 0.2) is 0 Å². The lowest BCUT2D eigenvalue weighted by Gasteiger charge is -2.33. The predicted molar refractivity (Wildman–Crippen MR) is 407 cm³/mol. The molecular formula is C84H138Br2S2. The first-order valence-electron chi connectivity index (χ1n) is 39.7. The quantitative estimate of drug-likeness (QED) is 0.0387. The second-order valence-corrected chi connectivity index (χ2v) is 34.1. The summed E-state index contributed by atoms with van der Waals surface area (Å²) in [6.45, 7) is 9.33. The van der Waals surface area contributed by atoms with E-state index in [9.17, 15) is 0 Å². The van der Waals surface area contributed by atoms with Gasteiger partial charge in [-0.3, -0.25) is 0 Å². The number of hydrogen-bond acceptors (Lipinski definition) is 2. The second-order valence-electron chi connectivity index (χ2n) is 29.3. The molecule has 0 bridgehead atoms. The maximum atomic E-state index is 4.12. The molecular weight excluding hydrogens is 1230 g/mol. The molecule has 0 unspecified atom stereocenters. The number of hydrogen-bond donors (Lipinski definition) is 0. The SMILES string of the molecule is CCCCCCCCCCCCCCCCC1(CCCCCCCCCCCCCCCC)c2cc3cc4c(cc3cc2-c2sc(Br)cc21)C(CCCCCCCCCCCCCCCC)(CCCCCCCCCCCCCCCC)c1cc(Br)sc1-4. The Balaban J connectivity index is 1.16. The van der Waals surface area contributed by atoms with Crippen molar-refractivity contribution in [2.24, 2.45) is 0 Å². The Hall–Kier alpha value is -0.940. The summed E-state index contributed by atoms with van der Waals surface area (Å²) in [5, 5.41) is 2.99. The highest BCUT2D eigenvalue weighted by atomic mass is 79.9. The molecule has 0 N–H and O–H groups in total. The van der Waals surface area contributed by atoms with E-state index in [1.54, 1.807) is 43.1 Å². The molecule has 4 aromatic rings. The standard InChI is InChI=1S/C84H138Br2S2/c1-5-9-13-17-21-25-29-33-37-41-45-49-53-57-61-83(62-58-54-50-46-42-38-34-30-26-22-18-14-10-6-2)75-67-71-66-74-76(68-72(71)65-73(75)81-77(83)69-79(85)87-81)84(78-70-80(86)88-82(74)78,63-59-55-51-47-43-39-35-31-27-23-19-15-11-7-3)64-60-56-52-48-44-40-36-32-28-24-20-16-12-8-4/h65-70H,5-64H2,1-4H3. The van der Waals surface area contributed by atoms with E-state index in [1.807, 2.05) is 22.7 Å². The van der Waals surface area contributed by atoms with Gasteiger partial charge in [0.25, 0.3) is 0 Å². The average molecular weight is 1370 g/mol. The van der Waals surface area contributed by atoms with E-state index in [-0.39, 0.29) is 10.8 Å². The summed E-state index contributed by atoms with van der Waals surface area (Å²) in [7, 11) is 0. The highest BCUT2D eigenvalue weighted by Gasteiger charge is 2.46. The first kappa shape index (κ1) is 76.1. The topological polar surface area (TPSA) is 0 Å². The van der Waals surface area contributed by atoms with E-state index < -0.39 is 0 Å². The summed E-state index contributed by atoms with van der Waals surface area (Å²) in [4.78, 5) is 3.17. The summed E-state index contributed by atoms with van der Waals surface area (Å²) in [5.41, 5.74) is 10.1. The molecule has 6 rings (SSSR count). The summed E-state index contributed by atoms with van der Waals surface area (Å²) >= 11 is 12.3. The minimum Gasteiger partial charge on any atom is -0.128 e. The van der Waals surface area contributed by atoms with E-state index in [2.05, 4.69) is 96.0 Å². The zero-order chi connectivity index (χ0) is 62.0. The van der Waals surface area contributed by atoms with Gasteiger partial charge in [-0.25, -0.2) is 0 Å². The van der Waals surface area contributed by atoms with E-state index in [0.717, 1.165) is 0 Å². The molecule has 0 saturated heterocycles. The zero-order valence-electron chi connectivity index (χ0n) is 58.5. The van der Waals surface area contributed by atoms with Crippen LogP contribution in [0.1, 0.15) is 435 Å². The van der Waals surface area contributed by atoms with Gasteiger partial charge in [0.05, 0.1) is 7.57 Å². The molecule has 0 saturated carbocycles. The van der Waals surface area contributed by atoms with E-state index in [1.165, 1.54) is 404 Å². The molecule has 0 atom stereocenters. The summed E-state index contributed by atoms with van der Waals surface area (Å²) < 4.78 is 2.66. The normalized spacial score (nSPS) is 13.8. The van der Waals surface area contributed by atoms with Crippen molar-refractivity contribution in [2.45, 2.75) is 424 Å². The lowest BCUT2D eigenvalue weighted by atomic mass is 9.70. The van der Waals surface area contributed by atoms with Crippen molar-refractivity contribution in [3.8, 4) is 20.9 Å². The molecule has 2 aliphatic carbocycles. The Morgan fingerprint density at radius 1 is 0.227 bits per heavy atom. The highest BCUT2D eigenvalue weighted by Crippen LogP contribution is 2.61. The number of rotatable bonds is 60. The Morgan fingerprint density at radius 2 is 0.409 bits per heavy atom. The number of halogens is 2. The van der Waals surface area contributed by atoms with Crippen LogP contribution in [-0.4, -0.2) is 0 Å². The van der Waals surface area contributed by atoms with Crippen LogP contribution in [0.15, 0.2) is 44.0 Å². The number of unbranched alkanes of at least 4 members (excludes halogenated alkanes) is 52. The molecule has 2 aliphatic rings. The Morgan fingerprint density at radius 3 is 0.602 bits per heavy atom. The number of benzene rings is 2. The Kier molecular flexibility index (Phi) is 40.7. The molecule has 0 nitrogen and oxygen atoms in total. The Labute approximate surface area is 571 Å². The summed E-state index contributed by atoms with van der Waals surface area (Å²) in [6, 6.07) is 16.2. The minimum absolute atomic E-state index is 0.108. The smallest absolute Gasteiger partial charge is 0.0708 e. The van der Waals surface area contributed by atoms with Crippen LogP contribution >= 0.6 is 54.5 Å². The molecule has 4 heteroatoms. The summed E-state index contributed by atoms with van der Waals surface area (Å²) in [6.07, 6.45) is 84.9. The van der Waals surface area contributed by atoms with Crippen molar-refractivity contribution in [1.82, 2.24) is 0 Å². The molecule has 0 amide bonds. The maximum Gasteiger partial charge on any atom is 0.0708 e. The van der Waals surface area contributed by atoms with Crippen molar-refractivity contribution < 1.29 is 0 Å². The van der Waals surface area contributed by atoms with Gasteiger partial charge < -0.3 is 0 Å². The fourth-order valence-corrected chi connectivity index (χ4v) is 19.9. The van der Waals surface area contributed by atoms with Crippen molar-refractivity contribution in [1.29, 1.82) is 0 Å². The van der Waals surface area contributed by atoms with Crippen LogP contribution in [-0.2, 0) is 10.8 Å². The number of fused-ring (bicyclic) bond motifs is 7. The van der Waals surface area contributed by atoms with Crippen LogP contribution in [0.4, 0.5) is 0 Å². The minimum atomic E-state index is 0.108. The molecule has 2 aromatic carbocycles. The van der Waals surface area contributed by atoms with Crippen molar-refractivity contribution >= 4 is 65.3 Å². The lowest BCUT2D eigenvalue weighted by molar-refractivity contribution is 0.397. The van der Waals surface area contributed by atoms with Crippen molar-refractivity contribution in [2.75, 3.05) is 0 Å². The second kappa shape index (κ2) is 47.0. The van der Waals surface area contributed by atoms with Gasteiger partial charge in [-0.15, -0.1) is 22.7 Å². The third-order valence-electron chi connectivity index (χ3n) is 21.9. The van der Waals surface area contributed by atoms with Gasteiger partial charge in [0.1, 0.15) is 0 Å². The fourth-order valence-electron chi connectivity index (χ4n) is 16.5. The predicted octanol–water partition coefficient (Wildman–Crippen LogP) is 32.5. The first-order valence-corrected chi connectivity index (χ1v) is 42.9. The molecule has 2 heterocycles. The van der Waals surface area contributed by atoms with Crippen LogP contribution in [0.3, 0.4) is 0 Å². The molecule has 0 aliphatic heterocycles. The third kappa shape index (κ3) is 26.3. The van der Waals surface area contributed by atoms with Gasteiger partial charge in [-0.2, -0.15) is 0 Å². The molecule has 500 valence electrons. The van der Waals surface area contributed by atoms with Crippen LogP contribution in [0.5, 0.6) is 0 Å². The number of thiophene rings is 2. The Bertz CT molecular complexity index is 2140. The van der Waals surface area contributed by atoms with Crippen molar-refractivity contribution in [3.05, 3.63) is 66.2 Å². The van der Waals surface area contributed by atoms with E-state index in [4.69, 9.17) is 0 Å². The van der Waals surface area contributed by atoms with E-state index in [0.29, 0.717) is 0 Å². The zero-order valence-corrected chi connectivity index (χ0v) is 63.3. The maximum absolute atomic E-state index is 4.12. The van der Waals surface area contributed by atoms with Gasteiger partial charge in [0, 0.05) is 20.6 Å². The molecule has 88 heavy (non-hydrogen) atoms. The third-order valence-corrected chi connectivity index (χ3v) is 25.2. The molecule has 0 spiro atoms.